The van der Waals surface area contributed by atoms with Crippen molar-refractivity contribution in [3.8, 4) is 0 Å². The molecule has 0 atom stereocenters. The van der Waals surface area contributed by atoms with E-state index in [0.717, 1.165) is 9.79 Å². The van der Waals surface area contributed by atoms with Crippen molar-refractivity contribution in [3.63, 3.8) is 0 Å². The number of hydrogen-bond acceptors (Lipinski definition) is 2. The smallest absolute Gasteiger partial charge is 0.780 e. The van der Waals surface area contributed by atoms with Gasteiger partial charge in [-0.25, -0.2) is 0 Å². The van der Waals surface area contributed by atoms with E-state index in [9.17, 15) is 0 Å². The third kappa shape index (κ3) is 12.4. The van der Waals surface area contributed by atoms with Crippen molar-refractivity contribution in [1.82, 2.24) is 0 Å². The number of benzene rings is 3. The summed E-state index contributed by atoms with van der Waals surface area (Å²) in [5.74, 6) is 0. The maximum absolute atomic E-state index is 4.81. The van der Waals surface area contributed by atoms with Gasteiger partial charge in [-0.15, -0.1) is 0 Å². The van der Waals surface area contributed by atoms with E-state index in [1.807, 2.05) is 91.0 Å². The van der Waals surface area contributed by atoms with Gasteiger partial charge in [-0.3, -0.25) is 0 Å². The zero-order valence-electron chi connectivity index (χ0n) is 11.4. The number of hydrogen-bond donors (Lipinski definition) is 0. The van der Waals surface area contributed by atoms with Crippen molar-refractivity contribution >= 4 is 51.5 Å². The van der Waals surface area contributed by atoms with Crippen molar-refractivity contribution in [2.75, 3.05) is 0 Å². The minimum absolute atomic E-state index is 0. The summed E-state index contributed by atoms with van der Waals surface area (Å²) in [6.07, 6.45) is 0. The molecule has 21 heavy (non-hydrogen) atoms. The predicted molar refractivity (Wildman–Crippen MR) is 95.2 cm³/mol. The monoisotopic (exact) mass is 504 g/mol. The van der Waals surface area contributed by atoms with E-state index in [-0.39, 0.29) is 26.2 Å². The van der Waals surface area contributed by atoms with Gasteiger partial charge in [-0.2, -0.15) is 9.79 Å². The van der Waals surface area contributed by atoms with E-state index in [2.05, 4.69) is 6.07 Å². The van der Waals surface area contributed by atoms with Gasteiger partial charge in [0.05, 0.1) is 0 Å². The molecule has 104 valence electrons. The molecule has 0 amide bonds. The van der Waals surface area contributed by atoms with E-state index in [0.29, 0.717) is 0 Å². The Morgan fingerprint density at radius 2 is 0.857 bits per heavy atom. The van der Waals surface area contributed by atoms with E-state index >= 15 is 0 Å². The van der Waals surface area contributed by atoms with Crippen LogP contribution in [0.15, 0.2) is 101 Å². The predicted octanol–water partition coefficient (Wildman–Crippen LogP) is 4.29. The molecule has 0 aliphatic rings. The molecule has 3 rings (SSSR count). The van der Waals surface area contributed by atoms with Gasteiger partial charge in [0.15, 0.2) is 0 Å². The molecule has 3 aromatic rings. The van der Waals surface area contributed by atoms with E-state index in [4.69, 9.17) is 25.3 Å². The molecule has 0 spiro atoms. The van der Waals surface area contributed by atoms with Crippen LogP contribution in [0.4, 0.5) is 0 Å². The Bertz CT molecular complexity index is 478. The maximum Gasteiger partial charge on any atom is 2.00 e. The molecule has 0 N–H and O–H groups in total. The molecular weight excluding hydrogens is 489 g/mol. The SMILES string of the molecule is [Bi+2].[S-]c1ccccc1.[S-]c1ccccc1.[c]1ccccc1. The molecule has 0 unspecified atom stereocenters. The molecule has 0 nitrogen and oxygen atoms in total. The second-order valence-corrected chi connectivity index (χ2v) is 4.65. The minimum atomic E-state index is 0. The van der Waals surface area contributed by atoms with Crippen LogP contribution < -0.4 is 0 Å². The van der Waals surface area contributed by atoms with Crippen molar-refractivity contribution < 1.29 is 0 Å². The summed E-state index contributed by atoms with van der Waals surface area (Å²) >= 11 is 9.62. The van der Waals surface area contributed by atoms with Gasteiger partial charge < -0.3 is 25.3 Å². The van der Waals surface area contributed by atoms with Gasteiger partial charge in [0, 0.05) is 0 Å². The van der Waals surface area contributed by atoms with Gasteiger partial charge in [-0.05, 0) is 6.07 Å². The third-order valence-corrected chi connectivity index (χ3v) is 2.64. The first kappa shape index (κ1) is 20.0. The molecule has 0 fully saturated rings. The minimum Gasteiger partial charge on any atom is -0.780 e. The summed E-state index contributed by atoms with van der Waals surface area (Å²) in [6.45, 7) is 0. The summed E-state index contributed by atoms with van der Waals surface area (Å²) in [5.41, 5.74) is 0. The summed E-state index contributed by atoms with van der Waals surface area (Å²) in [6, 6.07) is 31.7. The van der Waals surface area contributed by atoms with Crippen LogP contribution >= 0.6 is 0 Å². The van der Waals surface area contributed by atoms with Crippen LogP contribution in [0.1, 0.15) is 0 Å². The van der Waals surface area contributed by atoms with Gasteiger partial charge in [0.1, 0.15) is 0 Å². The molecule has 0 heterocycles. The summed E-state index contributed by atoms with van der Waals surface area (Å²) in [4.78, 5) is 1.81. The summed E-state index contributed by atoms with van der Waals surface area (Å²) in [7, 11) is 0. The van der Waals surface area contributed by atoms with Gasteiger partial charge in [0.25, 0.3) is 0 Å². The van der Waals surface area contributed by atoms with Crippen LogP contribution in [-0.4, -0.2) is 26.2 Å². The molecule has 0 aromatic heterocycles. The van der Waals surface area contributed by atoms with Crippen molar-refractivity contribution in [2.45, 2.75) is 9.79 Å². The van der Waals surface area contributed by atoms with Gasteiger partial charge in [-0.1, -0.05) is 91.0 Å². The van der Waals surface area contributed by atoms with Crippen molar-refractivity contribution in [1.29, 1.82) is 0 Å². The Morgan fingerprint density at radius 1 is 0.524 bits per heavy atom. The van der Waals surface area contributed by atoms with Crippen LogP contribution in [-0.2, 0) is 25.3 Å². The van der Waals surface area contributed by atoms with E-state index in [1.165, 1.54) is 0 Å². The standard InChI is InChI=1S/2C6H6S.C6H5.Bi/c2*7-6-4-2-1-3-5-6;1-2-4-6-5-3-1;/h2*1-5,7H;1-5H;/q;;;+2/p-2. The molecule has 0 saturated carbocycles. The Labute approximate surface area is 157 Å². The fourth-order valence-electron chi connectivity index (χ4n) is 1.18. The average Bonchev–Trinajstić information content (AvgIpc) is 2.52. The Balaban J connectivity index is 0.000000280. The zero-order valence-corrected chi connectivity index (χ0v) is 16.5. The first-order valence-corrected chi connectivity index (χ1v) is 6.96. The van der Waals surface area contributed by atoms with Crippen LogP contribution in [0.5, 0.6) is 0 Å². The third-order valence-electron chi connectivity index (χ3n) is 2.09. The molecular formula is C18H15BiS2. The van der Waals surface area contributed by atoms with E-state index < -0.39 is 0 Å². The topological polar surface area (TPSA) is 0 Å². The van der Waals surface area contributed by atoms with Crippen LogP contribution in [0.2, 0.25) is 0 Å². The quantitative estimate of drug-likeness (QED) is 0.331. The van der Waals surface area contributed by atoms with Crippen LogP contribution in [0.3, 0.4) is 0 Å². The molecule has 3 heteroatoms. The second-order valence-electron chi connectivity index (χ2n) is 3.70. The summed E-state index contributed by atoms with van der Waals surface area (Å²) < 4.78 is 0. The second kappa shape index (κ2) is 13.9. The van der Waals surface area contributed by atoms with Crippen LogP contribution in [0.25, 0.3) is 0 Å². The van der Waals surface area contributed by atoms with Crippen LogP contribution in [0, 0.1) is 6.07 Å². The molecule has 0 aliphatic carbocycles. The molecule has 3 aromatic carbocycles. The van der Waals surface area contributed by atoms with Crippen molar-refractivity contribution in [3.05, 3.63) is 97.1 Å². The van der Waals surface area contributed by atoms with E-state index in [1.54, 1.807) is 0 Å². The summed E-state index contributed by atoms with van der Waals surface area (Å²) in [5, 5.41) is 0. The van der Waals surface area contributed by atoms with Gasteiger partial charge in [0.2, 0.25) is 0 Å². The molecule has 0 aliphatic heterocycles. The normalized spacial score (nSPS) is 8.00. The molecule has 0 bridgehead atoms. The fraction of sp³-hybridized carbons (Fsp3) is 0. The first-order chi connectivity index (χ1) is 9.79. The number of rotatable bonds is 0. The Hall–Kier alpha value is -1.02. The zero-order chi connectivity index (χ0) is 14.5. The molecule has 0 saturated heterocycles. The van der Waals surface area contributed by atoms with Gasteiger partial charge >= 0.3 is 26.2 Å². The largest absolute Gasteiger partial charge is 2.00 e. The maximum atomic E-state index is 4.81. The fourth-order valence-corrected chi connectivity index (χ4v) is 1.50. The first-order valence-electron chi connectivity index (χ1n) is 6.14. The Kier molecular flexibility index (Phi) is 13.3. The van der Waals surface area contributed by atoms with Crippen molar-refractivity contribution in [2.24, 2.45) is 0 Å². The average molecular weight is 504 g/mol. The molecule has 4 radical (unpaired) electrons. The Morgan fingerprint density at radius 3 is 1.00 bits per heavy atom.